The molecule has 110 valence electrons. The van der Waals surface area contributed by atoms with E-state index in [4.69, 9.17) is 11.5 Å². The van der Waals surface area contributed by atoms with Gasteiger partial charge in [-0.25, -0.2) is 8.42 Å². The second-order valence-electron chi connectivity index (χ2n) is 5.13. The van der Waals surface area contributed by atoms with Crippen molar-refractivity contribution in [1.29, 1.82) is 0 Å². The van der Waals surface area contributed by atoms with Gasteiger partial charge in [0.25, 0.3) is 0 Å². The summed E-state index contributed by atoms with van der Waals surface area (Å²) in [6.45, 7) is 0.977. The number of sulfone groups is 1. The van der Waals surface area contributed by atoms with Gasteiger partial charge < -0.3 is 11.5 Å². The Kier molecular flexibility index (Phi) is 4.12. The third kappa shape index (κ3) is 3.17. The standard InChI is InChI=1S/C13H19N3O3S/c14-12(17)13(15,11-4-2-1-3-5-11)10-16-6-8-20(18,19)9-7-16/h1-5H,6-10,15H2,(H2,14,17). The fourth-order valence-corrected chi connectivity index (χ4v) is 3.58. The summed E-state index contributed by atoms with van der Waals surface area (Å²) in [5, 5.41) is 0. The lowest BCUT2D eigenvalue weighted by Gasteiger charge is -2.35. The lowest BCUT2D eigenvalue weighted by Crippen LogP contribution is -2.58. The Hall–Kier alpha value is -1.44. The number of hydrogen-bond acceptors (Lipinski definition) is 5. The number of amides is 1. The van der Waals surface area contributed by atoms with Crippen LogP contribution in [0.3, 0.4) is 0 Å². The highest BCUT2D eigenvalue weighted by Gasteiger charge is 2.37. The summed E-state index contributed by atoms with van der Waals surface area (Å²) >= 11 is 0. The van der Waals surface area contributed by atoms with Crippen LogP contribution in [0.2, 0.25) is 0 Å². The summed E-state index contributed by atoms with van der Waals surface area (Å²) in [5.74, 6) is -0.426. The maximum atomic E-state index is 11.8. The van der Waals surface area contributed by atoms with E-state index in [0.29, 0.717) is 18.7 Å². The van der Waals surface area contributed by atoms with Crippen LogP contribution in [-0.2, 0) is 20.2 Å². The molecule has 1 amide bonds. The monoisotopic (exact) mass is 297 g/mol. The fraction of sp³-hybridized carbons (Fsp3) is 0.462. The number of nitrogens with two attached hydrogens (primary N) is 2. The summed E-state index contributed by atoms with van der Waals surface area (Å²) in [7, 11) is -2.95. The molecule has 1 aliphatic heterocycles. The van der Waals surface area contributed by atoms with Gasteiger partial charge in [0.1, 0.15) is 5.54 Å². The van der Waals surface area contributed by atoms with Crippen LogP contribution in [0.15, 0.2) is 30.3 Å². The lowest BCUT2D eigenvalue weighted by atomic mass is 9.89. The highest BCUT2D eigenvalue weighted by Crippen LogP contribution is 2.20. The van der Waals surface area contributed by atoms with Crippen LogP contribution in [0.1, 0.15) is 5.56 Å². The maximum Gasteiger partial charge on any atom is 0.243 e. The maximum absolute atomic E-state index is 11.8. The van der Waals surface area contributed by atoms with Crippen molar-refractivity contribution in [3.63, 3.8) is 0 Å². The van der Waals surface area contributed by atoms with Gasteiger partial charge in [-0.1, -0.05) is 30.3 Å². The number of nitrogens with zero attached hydrogens (tertiary/aromatic N) is 1. The molecule has 7 heteroatoms. The molecular formula is C13H19N3O3S. The zero-order valence-corrected chi connectivity index (χ0v) is 12.0. The van der Waals surface area contributed by atoms with E-state index in [1.54, 1.807) is 24.3 Å². The minimum absolute atomic E-state index is 0.0939. The van der Waals surface area contributed by atoms with Gasteiger partial charge >= 0.3 is 0 Å². The molecule has 6 nitrogen and oxygen atoms in total. The van der Waals surface area contributed by atoms with Crippen LogP contribution >= 0.6 is 0 Å². The molecule has 1 heterocycles. The normalized spacial score (nSPS) is 22.1. The molecule has 0 bridgehead atoms. The second kappa shape index (κ2) is 5.51. The molecule has 4 N–H and O–H groups in total. The summed E-state index contributed by atoms with van der Waals surface area (Å²) in [5.41, 5.74) is 11.0. The van der Waals surface area contributed by atoms with Crippen LogP contribution in [-0.4, -0.2) is 50.4 Å². The van der Waals surface area contributed by atoms with Crippen molar-refractivity contribution in [3.8, 4) is 0 Å². The van der Waals surface area contributed by atoms with Crippen LogP contribution < -0.4 is 11.5 Å². The Morgan fingerprint density at radius 1 is 1.20 bits per heavy atom. The van der Waals surface area contributed by atoms with Crippen molar-refractivity contribution in [3.05, 3.63) is 35.9 Å². The van der Waals surface area contributed by atoms with Gasteiger partial charge in [0.2, 0.25) is 5.91 Å². The molecule has 20 heavy (non-hydrogen) atoms. The van der Waals surface area contributed by atoms with Gasteiger partial charge in [0.05, 0.1) is 11.5 Å². The summed E-state index contributed by atoms with van der Waals surface area (Å²) < 4.78 is 22.8. The van der Waals surface area contributed by atoms with Crippen LogP contribution in [0.5, 0.6) is 0 Å². The topological polar surface area (TPSA) is 106 Å². The minimum atomic E-state index is -2.95. The summed E-state index contributed by atoms with van der Waals surface area (Å²) in [6, 6.07) is 8.93. The van der Waals surface area contributed by atoms with E-state index in [1.807, 2.05) is 11.0 Å². The largest absolute Gasteiger partial charge is 0.368 e. The molecule has 0 aromatic heterocycles. The van der Waals surface area contributed by atoms with E-state index in [2.05, 4.69) is 0 Å². The number of hydrogen-bond donors (Lipinski definition) is 2. The molecule has 1 aliphatic rings. The number of carbonyl (C=O) groups excluding carboxylic acids is 1. The highest BCUT2D eigenvalue weighted by molar-refractivity contribution is 7.91. The Morgan fingerprint density at radius 2 is 1.75 bits per heavy atom. The van der Waals surface area contributed by atoms with E-state index in [-0.39, 0.29) is 18.1 Å². The van der Waals surface area contributed by atoms with Gasteiger partial charge in [-0.05, 0) is 5.56 Å². The Morgan fingerprint density at radius 3 is 2.25 bits per heavy atom. The first-order valence-electron chi connectivity index (χ1n) is 6.41. The quantitative estimate of drug-likeness (QED) is 0.745. The van der Waals surface area contributed by atoms with E-state index in [1.165, 1.54) is 0 Å². The minimum Gasteiger partial charge on any atom is -0.368 e. The Balaban J connectivity index is 2.17. The molecule has 0 radical (unpaired) electrons. The molecular weight excluding hydrogens is 278 g/mol. The van der Waals surface area contributed by atoms with E-state index in [0.717, 1.165) is 0 Å². The van der Waals surface area contributed by atoms with Gasteiger partial charge in [-0.2, -0.15) is 0 Å². The second-order valence-corrected chi connectivity index (χ2v) is 7.43. The fourth-order valence-electron chi connectivity index (χ4n) is 2.31. The van der Waals surface area contributed by atoms with Crippen molar-refractivity contribution in [2.45, 2.75) is 5.54 Å². The van der Waals surface area contributed by atoms with Crippen LogP contribution in [0.25, 0.3) is 0 Å². The summed E-state index contributed by atoms with van der Waals surface area (Å²) in [6.07, 6.45) is 0. The first kappa shape index (κ1) is 15.0. The predicted octanol–water partition coefficient (Wildman–Crippen LogP) is -0.944. The van der Waals surface area contributed by atoms with Gasteiger partial charge in [-0.3, -0.25) is 9.69 Å². The molecule has 1 unspecified atom stereocenters. The molecule has 0 aliphatic carbocycles. The Bertz CT molecular complexity index is 574. The molecule has 0 spiro atoms. The van der Waals surface area contributed by atoms with E-state index in [9.17, 15) is 13.2 Å². The molecule has 1 atom stereocenters. The predicted molar refractivity (Wildman–Crippen MR) is 76.6 cm³/mol. The molecule has 0 saturated carbocycles. The van der Waals surface area contributed by atoms with Gasteiger partial charge in [-0.15, -0.1) is 0 Å². The van der Waals surface area contributed by atoms with Crippen molar-refractivity contribution in [1.82, 2.24) is 4.90 Å². The first-order chi connectivity index (χ1) is 9.33. The van der Waals surface area contributed by atoms with Crippen molar-refractivity contribution >= 4 is 15.7 Å². The molecule has 1 aromatic rings. The van der Waals surface area contributed by atoms with Crippen molar-refractivity contribution in [2.75, 3.05) is 31.1 Å². The van der Waals surface area contributed by atoms with E-state index >= 15 is 0 Å². The van der Waals surface area contributed by atoms with Crippen LogP contribution in [0, 0.1) is 0 Å². The first-order valence-corrected chi connectivity index (χ1v) is 8.23. The zero-order valence-electron chi connectivity index (χ0n) is 11.2. The third-order valence-electron chi connectivity index (χ3n) is 3.64. The lowest BCUT2D eigenvalue weighted by molar-refractivity contribution is -0.124. The number of rotatable bonds is 4. The number of carbonyl (C=O) groups is 1. The summed E-state index contributed by atoms with van der Waals surface area (Å²) in [4.78, 5) is 13.6. The number of primary amides is 1. The van der Waals surface area contributed by atoms with Gasteiger partial charge in [0.15, 0.2) is 9.84 Å². The zero-order chi connectivity index (χ0) is 14.8. The average Bonchev–Trinajstić information content (AvgIpc) is 2.42. The molecule has 1 aromatic carbocycles. The molecule has 1 fully saturated rings. The smallest absolute Gasteiger partial charge is 0.243 e. The SMILES string of the molecule is NC(=O)C(N)(CN1CCS(=O)(=O)CC1)c1ccccc1. The van der Waals surface area contributed by atoms with Gasteiger partial charge in [0, 0.05) is 19.6 Å². The highest BCUT2D eigenvalue weighted by atomic mass is 32.2. The van der Waals surface area contributed by atoms with Crippen molar-refractivity contribution in [2.24, 2.45) is 11.5 Å². The Labute approximate surface area is 118 Å². The number of benzene rings is 1. The molecule has 1 saturated heterocycles. The van der Waals surface area contributed by atoms with Crippen LogP contribution in [0.4, 0.5) is 0 Å². The third-order valence-corrected chi connectivity index (χ3v) is 5.25. The molecule has 2 rings (SSSR count). The van der Waals surface area contributed by atoms with E-state index < -0.39 is 21.3 Å². The van der Waals surface area contributed by atoms with Crippen molar-refractivity contribution < 1.29 is 13.2 Å². The average molecular weight is 297 g/mol.